The van der Waals surface area contributed by atoms with E-state index in [1.165, 1.54) is 0 Å². The van der Waals surface area contributed by atoms with E-state index in [0.717, 1.165) is 54.3 Å². The lowest BCUT2D eigenvalue weighted by Crippen LogP contribution is -2.45. The highest BCUT2D eigenvalue weighted by molar-refractivity contribution is 5.95. The predicted molar refractivity (Wildman–Crippen MR) is 139 cm³/mol. The lowest BCUT2D eigenvalue weighted by atomic mass is 9.96. The molecule has 0 radical (unpaired) electrons. The van der Waals surface area contributed by atoms with Crippen LogP contribution in [-0.4, -0.2) is 72.5 Å². The molecule has 2 aliphatic heterocycles. The summed E-state index contributed by atoms with van der Waals surface area (Å²) in [5.41, 5.74) is 4.30. The number of piperazine rings is 1. The quantitative estimate of drug-likeness (QED) is 0.498. The summed E-state index contributed by atoms with van der Waals surface area (Å²) in [6.45, 7) is 5.66. The van der Waals surface area contributed by atoms with Gasteiger partial charge in [0, 0.05) is 44.5 Å². The molecule has 0 spiro atoms. The second-order valence-electron chi connectivity index (χ2n) is 9.65. The van der Waals surface area contributed by atoms with Gasteiger partial charge in [0.2, 0.25) is 5.82 Å². The molecule has 0 saturated carbocycles. The normalized spacial score (nSPS) is 18.7. The molecule has 2 aromatic carbocycles. The second kappa shape index (κ2) is 10.9. The predicted octanol–water partition coefficient (Wildman–Crippen LogP) is 3.02. The molecule has 2 unspecified atom stereocenters. The minimum Gasteiger partial charge on any atom is -0.478 e. The number of carbonyl (C=O) groups excluding carboxylic acids is 1. The topological polar surface area (TPSA) is 113 Å². The number of benzene rings is 2. The maximum Gasteiger partial charge on any atom is 0.265 e. The van der Waals surface area contributed by atoms with Crippen molar-refractivity contribution >= 4 is 17.3 Å². The van der Waals surface area contributed by atoms with E-state index in [1.807, 2.05) is 24.3 Å². The summed E-state index contributed by atoms with van der Waals surface area (Å²) in [6.07, 6.45) is 0.0899. The molecule has 1 amide bonds. The fourth-order valence-corrected chi connectivity index (χ4v) is 4.69. The number of aliphatic hydroxyl groups excluding tert-OH is 1. The molecule has 2 atom stereocenters. The maximum absolute atomic E-state index is 13.2. The Labute approximate surface area is 216 Å². The van der Waals surface area contributed by atoms with Crippen LogP contribution in [0.4, 0.5) is 11.4 Å². The highest BCUT2D eigenvalue weighted by atomic mass is 16.5. The number of rotatable bonds is 7. The first-order valence-electron chi connectivity index (χ1n) is 12.6. The van der Waals surface area contributed by atoms with Crippen LogP contribution in [-0.2, 0) is 22.6 Å². The van der Waals surface area contributed by atoms with Crippen LogP contribution in [0.2, 0.25) is 0 Å². The number of carbonyl (C=O) groups is 1. The standard InChI is InChI=1S/C27H33N5O5/c1-17(33)20-14-19-6-9-23(36-25(19)22(15-20)32-12-10-31(2)11-13-32)27(34)28-21-7-4-18(5-8-21)26-29-24(16-35-3)37-30-26/h4-5,7-8,14-15,17,23,33H,6,9-13,16H2,1-3H3,(H,28,34). The van der Waals surface area contributed by atoms with E-state index >= 15 is 0 Å². The highest BCUT2D eigenvalue weighted by Gasteiger charge is 2.31. The van der Waals surface area contributed by atoms with Crippen molar-refractivity contribution in [2.45, 2.75) is 38.6 Å². The van der Waals surface area contributed by atoms with Crippen LogP contribution in [0.25, 0.3) is 11.4 Å². The lowest BCUT2D eigenvalue weighted by molar-refractivity contribution is -0.123. The van der Waals surface area contributed by atoms with Crippen molar-refractivity contribution < 1.29 is 23.9 Å². The average Bonchev–Trinajstić information content (AvgIpc) is 3.37. The van der Waals surface area contributed by atoms with Gasteiger partial charge in [-0.05, 0) is 74.3 Å². The van der Waals surface area contributed by atoms with Crippen molar-refractivity contribution in [3.05, 3.63) is 53.4 Å². The van der Waals surface area contributed by atoms with Gasteiger partial charge in [0.05, 0.1) is 11.8 Å². The van der Waals surface area contributed by atoms with Crippen LogP contribution >= 0.6 is 0 Å². The Morgan fingerprint density at radius 3 is 2.68 bits per heavy atom. The minimum absolute atomic E-state index is 0.190. The van der Waals surface area contributed by atoms with Crippen molar-refractivity contribution in [1.82, 2.24) is 15.0 Å². The van der Waals surface area contributed by atoms with E-state index in [2.05, 4.69) is 32.3 Å². The molecule has 1 saturated heterocycles. The summed E-state index contributed by atoms with van der Waals surface area (Å²) in [4.78, 5) is 22.0. The van der Waals surface area contributed by atoms with Gasteiger partial charge in [0.1, 0.15) is 12.4 Å². The summed E-state index contributed by atoms with van der Waals surface area (Å²) in [7, 11) is 3.68. The smallest absolute Gasteiger partial charge is 0.265 e. The molecular formula is C27H33N5O5. The molecule has 37 heavy (non-hydrogen) atoms. The first kappa shape index (κ1) is 25.2. The zero-order valence-corrected chi connectivity index (χ0v) is 21.4. The minimum atomic E-state index is -0.607. The van der Waals surface area contributed by atoms with Crippen LogP contribution in [0.15, 0.2) is 40.9 Å². The van der Waals surface area contributed by atoms with Gasteiger partial charge in [-0.15, -0.1) is 0 Å². The zero-order chi connectivity index (χ0) is 25.9. The monoisotopic (exact) mass is 507 g/mol. The molecule has 2 aliphatic rings. The van der Waals surface area contributed by atoms with Gasteiger partial charge in [-0.25, -0.2) is 0 Å². The number of aromatic nitrogens is 2. The van der Waals surface area contributed by atoms with E-state index in [0.29, 0.717) is 30.2 Å². The van der Waals surface area contributed by atoms with Crippen LogP contribution < -0.4 is 15.0 Å². The second-order valence-corrected chi connectivity index (χ2v) is 9.65. The number of hydrogen-bond acceptors (Lipinski definition) is 9. The summed E-state index contributed by atoms with van der Waals surface area (Å²) >= 11 is 0. The number of methoxy groups -OCH3 is 1. The number of nitrogens with zero attached hydrogens (tertiary/aromatic N) is 4. The molecule has 2 N–H and O–H groups in total. The van der Waals surface area contributed by atoms with Crippen molar-refractivity contribution in [3.8, 4) is 17.1 Å². The third-order valence-electron chi connectivity index (χ3n) is 6.87. The molecule has 3 aromatic rings. The van der Waals surface area contributed by atoms with Crippen LogP contribution in [0.3, 0.4) is 0 Å². The van der Waals surface area contributed by atoms with Gasteiger partial charge < -0.3 is 34.2 Å². The Morgan fingerprint density at radius 2 is 1.97 bits per heavy atom. The van der Waals surface area contributed by atoms with Gasteiger partial charge in [-0.3, -0.25) is 4.79 Å². The summed E-state index contributed by atoms with van der Waals surface area (Å²) in [5.74, 6) is 1.43. The number of fused-ring (bicyclic) bond motifs is 1. The van der Waals surface area contributed by atoms with E-state index in [4.69, 9.17) is 14.0 Å². The first-order valence-corrected chi connectivity index (χ1v) is 12.6. The number of hydrogen-bond donors (Lipinski definition) is 2. The number of amides is 1. The summed E-state index contributed by atoms with van der Waals surface area (Å²) < 4.78 is 16.5. The summed E-state index contributed by atoms with van der Waals surface area (Å²) in [6, 6.07) is 11.3. The molecule has 0 aliphatic carbocycles. The molecular weight excluding hydrogens is 474 g/mol. The SMILES string of the molecule is COCc1nc(-c2ccc(NC(=O)C3CCc4cc(C(C)O)cc(N5CCN(C)CC5)c4O3)cc2)no1. The molecule has 10 nitrogen and oxygen atoms in total. The Bertz CT molecular complexity index is 1230. The number of ether oxygens (including phenoxy) is 2. The van der Waals surface area contributed by atoms with Crippen LogP contribution in [0.5, 0.6) is 5.75 Å². The molecule has 3 heterocycles. The van der Waals surface area contributed by atoms with Gasteiger partial charge in [-0.1, -0.05) is 5.16 Å². The molecule has 5 rings (SSSR count). The lowest BCUT2D eigenvalue weighted by Gasteiger charge is -2.37. The van der Waals surface area contributed by atoms with Crippen molar-refractivity contribution in [3.63, 3.8) is 0 Å². The molecule has 1 fully saturated rings. The van der Waals surface area contributed by atoms with E-state index in [1.54, 1.807) is 26.2 Å². The van der Waals surface area contributed by atoms with Crippen molar-refractivity contribution in [2.75, 3.05) is 50.6 Å². The Hall–Kier alpha value is -3.47. The third-order valence-corrected chi connectivity index (χ3v) is 6.87. The van der Waals surface area contributed by atoms with Crippen LogP contribution in [0.1, 0.15) is 36.5 Å². The third kappa shape index (κ3) is 5.61. The zero-order valence-electron chi connectivity index (χ0n) is 21.4. The average molecular weight is 508 g/mol. The van der Waals surface area contributed by atoms with E-state index in [9.17, 15) is 9.90 Å². The van der Waals surface area contributed by atoms with Gasteiger partial charge in [-0.2, -0.15) is 4.98 Å². The largest absolute Gasteiger partial charge is 0.478 e. The Morgan fingerprint density at radius 1 is 1.22 bits per heavy atom. The molecule has 196 valence electrons. The van der Waals surface area contributed by atoms with Crippen LogP contribution in [0, 0.1) is 0 Å². The van der Waals surface area contributed by atoms with Crippen molar-refractivity contribution in [1.29, 1.82) is 0 Å². The van der Waals surface area contributed by atoms with Gasteiger partial charge in [0.25, 0.3) is 11.8 Å². The van der Waals surface area contributed by atoms with Gasteiger partial charge >= 0.3 is 0 Å². The van der Waals surface area contributed by atoms with E-state index < -0.39 is 12.2 Å². The molecule has 10 heteroatoms. The molecule has 0 bridgehead atoms. The maximum atomic E-state index is 13.2. The number of anilines is 2. The van der Waals surface area contributed by atoms with Gasteiger partial charge in [0.15, 0.2) is 6.10 Å². The number of likely N-dealkylation sites (N-methyl/N-ethyl adjacent to an activating group) is 1. The fourth-order valence-electron chi connectivity index (χ4n) is 4.69. The molecule has 1 aromatic heterocycles. The summed E-state index contributed by atoms with van der Waals surface area (Å²) in [5, 5.41) is 17.2. The number of aliphatic hydroxyl groups is 1. The van der Waals surface area contributed by atoms with E-state index in [-0.39, 0.29) is 12.5 Å². The highest BCUT2D eigenvalue weighted by Crippen LogP contribution is 2.40. The number of aryl methyl sites for hydroxylation is 1. The van der Waals surface area contributed by atoms with Crippen molar-refractivity contribution in [2.24, 2.45) is 0 Å². The number of nitrogens with one attached hydrogen (secondary N) is 1. The Kier molecular flexibility index (Phi) is 7.40. The Balaban J connectivity index is 1.30. The fraction of sp³-hybridized carbons (Fsp3) is 0.444. The first-order chi connectivity index (χ1) is 17.9.